The SMILES string of the molecule is Cn1cc(-n2c(-c3ccccc3)nc3c2CCNC3)cn1. The van der Waals surface area contributed by atoms with Crippen molar-refractivity contribution in [3.8, 4) is 17.1 Å². The van der Waals surface area contributed by atoms with Gasteiger partial charge in [0.2, 0.25) is 0 Å². The van der Waals surface area contributed by atoms with Crippen LogP contribution in [0.2, 0.25) is 0 Å². The van der Waals surface area contributed by atoms with Crippen molar-refractivity contribution in [3.05, 3.63) is 54.1 Å². The lowest BCUT2D eigenvalue weighted by Gasteiger charge is -2.15. The lowest BCUT2D eigenvalue weighted by molar-refractivity contribution is 0.620. The molecule has 3 heterocycles. The molecular weight excluding hydrogens is 262 g/mol. The lowest BCUT2D eigenvalue weighted by Crippen LogP contribution is -2.24. The highest BCUT2D eigenvalue weighted by Gasteiger charge is 2.22. The Hall–Kier alpha value is -2.40. The van der Waals surface area contributed by atoms with Gasteiger partial charge in [0.15, 0.2) is 0 Å². The van der Waals surface area contributed by atoms with E-state index in [2.05, 4.69) is 39.2 Å². The maximum absolute atomic E-state index is 4.87. The molecule has 106 valence electrons. The molecule has 1 aliphatic heterocycles. The van der Waals surface area contributed by atoms with Crippen molar-refractivity contribution < 1.29 is 0 Å². The third kappa shape index (κ3) is 2.06. The van der Waals surface area contributed by atoms with Gasteiger partial charge < -0.3 is 5.32 Å². The van der Waals surface area contributed by atoms with Gasteiger partial charge in [0.1, 0.15) is 5.82 Å². The summed E-state index contributed by atoms with van der Waals surface area (Å²) in [6.07, 6.45) is 4.93. The summed E-state index contributed by atoms with van der Waals surface area (Å²) in [6, 6.07) is 10.3. The van der Waals surface area contributed by atoms with E-state index >= 15 is 0 Å². The summed E-state index contributed by atoms with van der Waals surface area (Å²) >= 11 is 0. The van der Waals surface area contributed by atoms with Crippen molar-refractivity contribution in [1.82, 2.24) is 24.6 Å². The average molecular weight is 279 g/mol. The second-order valence-electron chi connectivity index (χ2n) is 5.33. The molecule has 0 amide bonds. The van der Waals surface area contributed by atoms with Gasteiger partial charge in [-0.3, -0.25) is 9.25 Å². The summed E-state index contributed by atoms with van der Waals surface area (Å²) in [6.45, 7) is 1.83. The third-order valence-electron chi connectivity index (χ3n) is 3.87. The normalized spacial score (nSPS) is 14.1. The smallest absolute Gasteiger partial charge is 0.145 e. The van der Waals surface area contributed by atoms with E-state index in [0.29, 0.717) is 0 Å². The summed E-state index contributed by atoms with van der Waals surface area (Å²) in [4.78, 5) is 4.87. The number of hydrogen-bond acceptors (Lipinski definition) is 3. The predicted octanol–water partition coefficient (Wildman–Crippen LogP) is 1.92. The minimum atomic E-state index is 0.836. The molecule has 0 spiro atoms. The number of aromatic nitrogens is 4. The number of fused-ring (bicyclic) bond motifs is 1. The zero-order valence-electron chi connectivity index (χ0n) is 12.0. The van der Waals surface area contributed by atoms with E-state index in [0.717, 1.165) is 42.3 Å². The number of nitrogens with zero attached hydrogens (tertiary/aromatic N) is 4. The lowest BCUT2D eigenvalue weighted by atomic mass is 10.2. The Morgan fingerprint density at radius 1 is 1.19 bits per heavy atom. The molecule has 3 aromatic rings. The second-order valence-corrected chi connectivity index (χ2v) is 5.33. The minimum Gasteiger partial charge on any atom is -0.311 e. The quantitative estimate of drug-likeness (QED) is 0.779. The Balaban J connectivity index is 1.96. The monoisotopic (exact) mass is 279 g/mol. The van der Waals surface area contributed by atoms with Crippen molar-refractivity contribution in [2.24, 2.45) is 7.05 Å². The van der Waals surface area contributed by atoms with Gasteiger partial charge in [-0.05, 0) is 0 Å². The molecule has 1 aromatic carbocycles. The zero-order valence-corrected chi connectivity index (χ0v) is 12.0. The van der Waals surface area contributed by atoms with Crippen molar-refractivity contribution in [2.75, 3.05) is 6.54 Å². The number of aryl methyl sites for hydroxylation is 1. The second kappa shape index (κ2) is 4.86. The van der Waals surface area contributed by atoms with Crippen LogP contribution in [0.3, 0.4) is 0 Å². The molecule has 0 radical (unpaired) electrons. The molecular formula is C16H17N5. The van der Waals surface area contributed by atoms with Crippen LogP contribution in [-0.4, -0.2) is 25.9 Å². The Bertz CT molecular complexity index is 769. The van der Waals surface area contributed by atoms with E-state index in [1.54, 1.807) is 0 Å². The van der Waals surface area contributed by atoms with Crippen LogP contribution >= 0.6 is 0 Å². The van der Waals surface area contributed by atoms with Crippen LogP contribution in [0, 0.1) is 0 Å². The molecule has 21 heavy (non-hydrogen) atoms. The van der Waals surface area contributed by atoms with Gasteiger partial charge in [-0.2, -0.15) is 5.10 Å². The highest BCUT2D eigenvalue weighted by Crippen LogP contribution is 2.28. The van der Waals surface area contributed by atoms with Gasteiger partial charge in [0, 0.05) is 44.0 Å². The zero-order chi connectivity index (χ0) is 14.2. The van der Waals surface area contributed by atoms with Crippen molar-refractivity contribution in [1.29, 1.82) is 0 Å². The fraction of sp³-hybridized carbons (Fsp3) is 0.250. The Morgan fingerprint density at radius 2 is 2.05 bits per heavy atom. The number of imidazole rings is 1. The van der Waals surface area contributed by atoms with Gasteiger partial charge in [0.05, 0.1) is 17.6 Å². The van der Waals surface area contributed by atoms with E-state index in [1.807, 2.05) is 30.2 Å². The summed E-state index contributed by atoms with van der Waals surface area (Å²) in [5, 5.41) is 7.70. The fourth-order valence-corrected chi connectivity index (χ4v) is 2.89. The highest BCUT2D eigenvalue weighted by atomic mass is 15.3. The first-order valence-corrected chi connectivity index (χ1v) is 7.18. The molecule has 0 aliphatic carbocycles. The first kappa shape index (κ1) is 12.3. The predicted molar refractivity (Wildman–Crippen MR) is 81.2 cm³/mol. The van der Waals surface area contributed by atoms with Crippen LogP contribution in [0.15, 0.2) is 42.7 Å². The summed E-state index contributed by atoms with van der Waals surface area (Å²) < 4.78 is 4.08. The average Bonchev–Trinajstić information content (AvgIpc) is 3.11. The van der Waals surface area contributed by atoms with E-state index in [9.17, 15) is 0 Å². The molecule has 1 N–H and O–H groups in total. The maximum atomic E-state index is 4.87. The third-order valence-corrected chi connectivity index (χ3v) is 3.87. The molecule has 0 saturated heterocycles. The van der Waals surface area contributed by atoms with Crippen LogP contribution in [-0.2, 0) is 20.0 Å². The van der Waals surface area contributed by atoms with E-state index in [1.165, 1.54) is 5.69 Å². The van der Waals surface area contributed by atoms with Gasteiger partial charge in [-0.25, -0.2) is 4.98 Å². The first-order valence-electron chi connectivity index (χ1n) is 7.18. The molecule has 0 unspecified atom stereocenters. The fourth-order valence-electron chi connectivity index (χ4n) is 2.89. The molecule has 5 nitrogen and oxygen atoms in total. The molecule has 0 bridgehead atoms. The molecule has 0 fully saturated rings. The molecule has 0 atom stereocenters. The number of hydrogen-bond donors (Lipinski definition) is 1. The molecule has 5 heteroatoms. The Kier molecular flexibility index (Phi) is 2.86. The van der Waals surface area contributed by atoms with Crippen molar-refractivity contribution >= 4 is 0 Å². The van der Waals surface area contributed by atoms with Gasteiger partial charge in [0.25, 0.3) is 0 Å². The van der Waals surface area contributed by atoms with Crippen LogP contribution in [0.5, 0.6) is 0 Å². The van der Waals surface area contributed by atoms with Gasteiger partial charge >= 0.3 is 0 Å². The molecule has 0 saturated carbocycles. The highest BCUT2D eigenvalue weighted by molar-refractivity contribution is 5.60. The number of rotatable bonds is 2. The van der Waals surface area contributed by atoms with Gasteiger partial charge in [-0.1, -0.05) is 30.3 Å². The van der Waals surface area contributed by atoms with E-state index in [4.69, 9.17) is 4.98 Å². The Labute approximate surface area is 123 Å². The summed E-state index contributed by atoms with van der Waals surface area (Å²) in [5.74, 6) is 0.998. The van der Waals surface area contributed by atoms with Crippen molar-refractivity contribution in [2.45, 2.75) is 13.0 Å². The molecule has 1 aliphatic rings. The topological polar surface area (TPSA) is 47.7 Å². The Morgan fingerprint density at radius 3 is 2.81 bits per heavy atom. The molecule has 4 rings (SSSR count). The largest absolute Gasteiger partial charge is 0.311 e. The molecule has 2 aromatic heterocycles. The van der Waals surface area contributed by atoms with Crippen LogP contribution in [0.4, 0.5) is 0 Å². The van der Waals surface area contributed by atoms with E-state index < -0.39 is 0 Å². The van der Waals surface area contributed by atoms with E-state index in [-0.39, 0.29) is 0 Å². The van der Waals surface area contributed by atoms with Gasteiger partial charge in [-0.15, -0.1) is 0 Å². The minimum absolute atomic E-state index is 0.836. The van der Waals surface area contributed by atoms with Crippen LogP contribution in [0.1, 0.15) is 11.4 Å². The van der Waals surface area contributed by atoms with Crippen molar-refractivity contribution in [3.63, 3.8) is 0 Å². The first-order chi connectivity index (χ1) is 10.3. The number of benzene rings is 1. The maximum Gasteiger partial charge on any atom is 0.145 e. The summed E-state index contributed by atoms with van der Waals surface area (Å²) in [7, 11) is 1.94. The van der Waals surface area contributed by atoms with Crippen LogP contribution < -0.4 is 5.32 Å². The van der Waals surface area contributed by atoms with Crippen LogP contribution in [0.25, 0.3) is 17.1 Å². The summed E-state index contributed by atoms with van der Waals surface area (Å²) in [5.41, 5.74) is 4.65. The standard InChI is InChI=1S/C16H17N5/c1-20-11-13(9-18-20)21-15-7-8-17-10-14(15)19-16(21)12-5-3-2-4-6-12/h2-6,9,11,17H,7-8,10H2,1H3. The number of nitrogens with one attached hydrogen (secondary N) is 1.